The maximum atomic E-state index is 12.8. The van der Waals surface area contributed by atoms with Crippen molar-refractivity contribution in [3.63, 3.8) is 0 Å². The van der Waals surface area contributed by atoms with E-state index >= 15 is 0 Å². The number of benzene rings is 3. The third-order valence-corrected chi connectivity index (χ3v) is 5.10. The molecule has 0 fully saturated rings. The molecule has 0 aliphatic rings. The number of carboxylic acid groups (broad SMARTS) is 1. The number of nitrogens with one attached hydrogen (secondary N) is 1. The maximum absolute atomic E-state index is 12.8. The molecule has 0 bridgehead atoms. The third-order valence-electron chi connectivity index (χ3n) is 5.10. The van der Waals surface area contributed by atoms with Gasteiger partial charge in [0.25, 0.3) is 0 Å². The first kappa shape index (κ1) is 21.4. The molecule has 0 aliphatic carbocycles. The fraction of sp³-hybridized carbons (Fsp3) is 0.167. The highest BCUT2D eigenvalue weighted by molar-refractivity contribution is 5.85. The van der Waals surface area contributed by atoms with Gasteiger partial charge in [0.1, 0.15) is 12.4 Å². The molecule has 4 rings (SSSR count). The lowest BCUT2D eigenvalue weighted by molar-refractivity contribution is -0.138. The van der Waals surface area contributed by atoms with E-state index in [4.69, 9.17) is 9.84 Å². The first-order valence-electron chi connectivity index (χ1n) is 9.87. The van der Waals surface area contributed by atoms with Gasteiger partial charge < -0.3 is 9.84 Å². The number of aliphatic carboxylic acids is 1. The number of fused-ring (bicyclic) bond motifs is 1. The second-order valence-electron chi connectivity index (χ2n) is 7.38. The van der Waals surface area contributed by atoms with Crippen molar-refractivity contribution in [1.29, 1.82) is 0 Å². The molecule has 32 heavy (non-hydrogen) atoms. The number of H-pyrrole nitrogens is 1. The number of hydrogen-bond donors (Lipinski definition) is 2. The Balaban J connectivity index is 1.62. The molecule has 0 amide bonds. The van der Waals surface area contributed by atoms with Crippen molar-refractivity contribution in [2.24, 2.45) is 0 Å². The Kier molecular flexibility index (Phi) is 5.85. The molecular weight excluding hydrogens is 421 g/mol. The molecule has 1 aromatic heterocycles. The summed E-state index contributed by atoms with van der Waals surface area (Å²) in [5.74, 6) is -0.333. The number of aryl methyl sites for hydroxylation is 1. The van der Waals surface area contributed by atoms with Crippen molar-refractivity contribution in [1.82, 2.24) is 10.2 Å². The van der Waals surface area contributed by atoms with Crippen LogP contribution in [0, 0.1) is 0 Å². The number of aromatic amines is 1. The van der Waals surface area contributed by atoms with Crippen LogP contribution in [-0.4, -0.2) is 21.3 Å². The number of rotatable bonds is 7. The van der Waals surface area contributed by atoms with Gasteiger partial charge in [-0.3, -0.25) is 9.89 Å². The van der Waals surface area contributed by atoms with Gasteiger partial charge in [-0.1, -0.05) is 24.3 Å². The first-order chi connectivity index (χ1) is 15.3. The van der Waals surface area contributed by atoms with E-state index in [1.165, 1.54) is 12.1 Å². The maximum Gasteiger partial charge on any atom is 0.416 e. The Hall–Kier alpha value is -3.81. The van der Waals surface area contributed by atoms with Gasteiger partial charge in [-0.05, 0) is 59.5 Å². The lowest BCUT2D eigenvalue weighted by Crippen LogP contribution is -2.05. The molecule has 0 unspecified atom stereocenters. The van der Waals surface area contributed by atoms with E-state index in [1.807, 2.05) is 24.3 Å². The lowest BCUT2D eigenvalue weighted by Gasteiger charge is -2.14. The molecule has 3 aromatic carbocycles. The van der Waals surface area contributed by atoms with Gasteiger partial charge in [0.05, 0.1) is 17.3 Å². The SMILES string of the molecule is O=C(O)CCc1ccc(OCc2ccc(C(F)(F)F)cc2)c(-c2ccc3[nH]ncc3c2)c1. The summed E-state index contributed by atoms with van der Waals surface area (Å²) in [6.07, 6.45) is -2.30. The normalized spacial score (nSPS) is 11.6. The standard InChI is InChI=1S/C24H19F3N2O3/c25-24(26,27)19-6-1-16(2-7-19)14-32-22-9-3-15(4-10-23(30)31)11-20(22)17-5-8-21-18(12-17)13-28-29-21/h1-3,5-9,11-13H,4,10,14H2,(H,28,29)(H,30,31). The Morgan fingerprint density at radius 2 is 1.75 bits per heavy atom. The van der Waals surface area contributed by atoms with Gasteiger partial charge in [-0.15, -0.1) is 0 Å². The van der Waals surface area contributed by atoms with E-state index in [0.29, 0.717) is 17.7 Å². The summed E-state index contributed by atoms with van der Waals surface area (Å²) in [6, 6.07) is 16.0. The Bertz CT molecular complexity index is 1250. The number of carboxylic acids is 1. The van der Waals surface area contributed by atoms with Crippen LogP contribution >= 0.6 is 0 Å². The van der Waals surface area contributed by atoms with E-state index < -0.39 is 17.7 Å². The highest BCUT2D eigenvalue weighted by atomic mass is 19.4. The molecule has 0 atom stereocenters. The number of halogens is 3. The van der Waals surface area contributed by atoms with E-state index in [0.717, 1.165) is 39.7 Å². The van der Waals surface area contributed by atoms with Crippen LogP contribution in [0.2, 0.25) is 0 Å². The monoisotopic (exact) mass is 440 g/mol. The summed E-state index contributed by atoms with van der Waals surface area (Å²) in [6.45, 7) is 0.0908. The number of alkyl halides is 3. The number of ether oxygens (including phenoxy) is 1. The van der Waals surface area contributed by atoms with Crippen molar-refractivity contribution in [3.8, 4) is 16.9 Å². The van der Waals surface area contributed by atoms with Crippen LogP contribution in [0.1, 0.15) is 23.1 Å². The molecule has 0 radical (unpaired) electrons. The van der Waals surface area contributed by atoms with E-state index in [2.05, 4.69) is 10.2 Å². The van der Waals surface area contributed by atoms with Crippen LogP contribution in [0.5, 0.6) is 5.75 Å². The molecule has 0 saturated heterocycles. The molecule has 4 aromatic rings. The van der Waals surface area contributed by atoms with Gasteiger partial charge in [0.2, 0.25) is 0 Å². The first-order valence-corrected chi connectivity index (χ1v) is 9.87. The molecule has 0 saturated carbocycles. The summed E-state index contributed by atoms with van der Waals surface area (Å²) >= 11 is 0. The zero-order valence-corrected chi connectivity index (χ0v) is 16.8. The molecule has 0 spiro atoms. The van der Waals surface area contributed by atoms with Crippen LogP contribution in [0.4, 0.5) is 13.2 Å². The van der Waals surface area contributed by atoms with Gasteiger partial charge >= 0.3 is 12.1 Å². The smallest absolute Gasteiger partial charge is 0.416 e. The van der Waals surface area contributed by atoms with Gasteiger partial charge in [-0.2, -0.15) is 18.3 Å². The van der Waals surface area contributed by atoms with Crippen molar-refractivity contribution < 1.29 is 27.8 Å². The topological polar surface area (TPSA) is 75.2 Å². The Morgan fingerprint density at radius 3 is 2.47 bits per heavy atom. The highest BCUT2D eigenvalue weighted by Crippen LogP contribution is 2.34. The summed E-state index contributed by atoms with van der Waals surface area (Å²) in [4.78, 5) is 11.0. The van der Waals surface area contributed by atoms with Gasteiger partial charge in [0.15, 0.2) is 0 Å². The Labute approximate surface area is 181 Å². The molecule has 5 nitrogen and oxygen atoms in total. The fourth-order valence-corrected chi connectivity index (χ4v) is 3.40. The molecule has 2 N–H and O–H groups in total. The summed E-state index contributed by atoms with van der Waals surface area (Å²) in [5, 5.41) is 16.8. The van der Waals surface area contributed by atoms with Crippen molar-refractivity contribution in [2.75, 3.05) is 0 Å². The zero-order chi connectivity index (χ0) is 22.7. The lowest BCUT2D eigenvalue weighted by atomic mass is 9.99. The van der Waals surface area contributed by atoms with Crippen molar-refractivity contribution in [2.45, 2.75) is 25.6 Å². The number of hydrogen-bond acceptors (Lipinski definition) is 3. The van der Waals surface area contributed by atoms with Gasteiger partial charge in [0, 0.05) is 17.4 Å². The van der Waals surface area contributed by atoms with Crippen molar-refractivity contribution in [3.05, 3.63) is 83.6 Å². The van der Waals surface area contributed by atoms with E-state index in [1.54, 1.807) is 18.3 Å². The minimum Gasteiger partial charge on any atom is -0.488 e. The Morgan fingerprint density at radius 1 is 1.00 bits per heavy atom. The molecular formula is C24H19F3N2O3. The second kappa shape index (κ2) is 8.74. The van der Waals surface area contributed by atoms with Crippen LogP contribution < -0.4 is 4.74 Å². The van der Waals surface area contributed by atoms with E-state index in [9.17, 15) is 18.0 Å². The van der Waals surface area contributed by atoms with Crippen molar-refractivity contribution >= 4 is 16.9 Å². The molecule has 8 heteroatoms. The average molecular weight is 440 g/mol. The summed E-state index contributed by atoms with van der Waals surface area (Å²) < 4.78 is 44.3. The van der Waals surface area contributed by atoms with E-state index in [-0.39, 0.29) is 13.0 Å². The predicted octanol–water partition coefficient (Wildman–Crippen LogP) is 5.84. The summed E-state index contributed by atoms with van der Waals surface area (Å²) in [5.41, 5.74) is 3.24. The minimum absolute atomic E-state index is 0.00592. The van der Waals surface area contributed by atoms with Crippen LogP contribution in [0.15, 0.2) is 66.9 Å². The van der Waals surface area contributed by atoms with Gasteiger partial charge in [-0.25, -0.2) is 0 Å². The minimum atomic E-state index is -4.38. The van der Waals surface area contributed by atoms with Crippen LogP contribution in [0.25, 0.3) is 22.0 Å². The third kappa shape index (κ3) is 4.91. The predicted molar refractivity (Wildman–Crippen MR) is 113 cm³/mol. The summed E-state index contributed by atoms with van der Waals surface area (Å²) in [7, 11) is 0. The fourth-order valence-electron chi connectivity index (χ4n) is 3.40. The number of nitrogens with zero attached hydrogens (tertiary/aromatic N) is 1. The quantitative estimate of drug-likeness (QED) is 0.378. The number of aromatic nitrogens is 2. The number of carbonyl (C=O) groups is 1. The largest absolute Gasteiger partial charge is 0.488 e. The molecule has 1 heterocycles. The van der Waals surface area contributed by atoms with Crippen LogP contribution in [0.3, 0.4) is 0 Å². The zero-order valence-electron chi connectivity index (χ0n) is 16.8. The second-order valence-corrected chi connectivity index (χ2v) is 7.38. The average Bonchev–Trinajstić information content (AvgIpc) is 3.24. The highest BCUT2D eigenvalue weighted by Gasteiger charge is 2.29. The molecule has 164 valence electrons. The molecule has 0 aliphatic heterocycles. The van der Waals surface area contributed by atoms with Crippen LogP contribution in [-0.2, 0) is 24.0 Å².